The first kappa shape index (κ1) is 38.6. The van der Waals surface area contributed by atoms with Crippen LogP contribution < -0.4 is 0 Å². The molecule has 0 aliphatic carbocycles. The van der Waals surface area contributed by atoms with E-state index >= 15 is 0 Å². The van der Waals surface area contributed by atoms with Crippen molar-refractivity contribution in [2.45, 2.75) is 91.9 Å². The third-order valence-corrected chi connectivity index (χ3v) is 8.99. The Morgan fingerprint density at radius 1 is 0.634 bits per heavy atom. The maximum atomic E-state index is 12.8. The van der Waals surface area contributed by atoms with Crippen LogP contribution in [0.25, 0.3) is 0 Å². The van der Waals surface area contributed by atoms with E-state index in [4.69, 9.17) is 28.4 Å². The first-order valence-corrected chi connectivity index (χ1v) is 17.2. The molecule has 0 aromatic heterocycles. The Kier molecular flexibility index (Phi) is 22.6. The van der Waals surface area contributed by atoms with E-state index in [-0.39, 0.29) is 20.2 Å². The summed E-state index contributed by atoms with van der Waals surface area (Å²) in [6.45, 7) is 11.9. The molecule has 1 saturated heterocycles. The topological polar surface area (TPSA) is 89.5 Å². The molecular weight excluding hydrogens is 558 g/mol. The third kappa shape index (κ3) is 20.2. The second-order valence-corrected chi connectivity index (χ2v) is 13.1. The summed E-state index contributed by atoms with van der Waals surface area (Å²) >= 11 is 0. The molecule has 1 rings (SSSR count). The first-order valence-electron chi connectivity index (χ1n) is 15.6. The summed E-state index contributed by atoms with van der Waals surface area (Å²) in [5.74, 6) is 1.59. The Balaban J connectivity index is 2.62. The fraction of sp³-hybridized carbons (Fsp3) is 1.00. The lowest BCUT2D eigenvalue weighted by atomic mass is 9.77. The van der Waals surface area contributed by atoms with Gasteiger partial charge in [-0.3, -0.25) is 0 Å². The molecule has 0 bridgehead atoms. The van der Waals surface area contributed by atoms with Crippen molar-refractivity contribution in [2.75, 3.05) is 66.0 Å². The van der Waals surface area contributed by atoms with Gasteiger partial charge in [-0.25, -0.2) is 4.39 Å². The quantitative estimate of drug-likeness (QED) is 0.205. The highest BCUT2D eigenvalue weighted by Crippen LogP contribution is 2.32. The molecule has 0 spiro atoms. The first-order chi connectivity index (χ1) is 19.7. The highest BCUT2D eigenvalue weighted by atomic mass is 32.3. The number of hydrogen-bond acceptors (Lipinski definition) is 8. The molecular formula is C30H58F2O8S. The van der Waals surface area contributed by atoms with Gasteiger partial charge in [-0.1, -0.05) is 27.7 Å². The zero-order valence-electron chi connectivity index (χ0n) is 26.0. The van der Waals surface area contributed by atoms with Crippen molar-refractivity contribution in [1.82, 2.24) is 0 Å². The van der Waals surface area contributed by atoms with Crippen molar-refractivity contribution in [2.24, 2.45) is 35.5 Å². The van der Waals surface area contributed by atoms with Crippen LogP contribution in [-0.4, -0.2) is 74.4 Å². The van der Waals surface area contributed by atoms with E-state index in [1.807, 2.05) is 0 Å². The van der Waals surface area contributed by atoms with E-state index in [0.717, 1.165) is 57.8 Å². The monoisotopic (exact) mass is 616 g/mol. The summed E-state index contributed by atoms with van der Waals surface area (Å²) in [5, 5.41) is 0. The fourth-order valence-corrected chi connectivity index (χ4v) is 6.47. The predicted octanol–water partition coefficient (Wildman–Crippen LogP) is 6.88. The van der Waals surface area contributed by atoms with Crippen molar-refractivity contribution in [3.63, 3.8) is 0 Å². The minimum atomic E-state index is -4.63. The molecule has 0 amide bonds. The molecule has 8 nitrogen and oxygen atoms in total. The average Bonchev–Trinajstić information content (AvgIpc) is 2.91. The van der Waals surface area contributed by atoms with Gasteiger partial charge in [0.1, 0.15) is 13.6 Å². The van der Waals surface area contributed by atoms with E-state index in [2.05, 4.69) is 27.7 Å². The average molecular weight is 617 g/mol. The Hall–Kier alpha value is -0.430. The largest absolute Gasteiger partial charge is 0.363 e. The molecule has 1 fully saturated rings. The van der Waals surface area contributed by atoms with Crippen molar-refractivity contribution < 1.29 is 45.1 Å². The van der Waals surface area contributed by atoms with Crippen LogP contribution in [0.3, 0.4) is 0 Å². The lowest BCUT2D eigenvalue weighted by Crippen LogP contribution is -2.23. The van der Waals surface area contributed by atoms with Crippen molar-refractivity contribution >= 4 is 10.2 Å². The van der Waals surface area contributed by atoms with Gasteiger partial charge in [0.05, 0.1) is 6.61 Å². The van der Waals surface area contributed by atoms with Gasteiger partial charge in [0.2, 0.25) is 0 Å². The minimum Gasteiger partial charge on any atom is -0.363 e. The van der Waals surface area contributed by atoms with Crippen molar-refractivity contribution in [3.8, 4) is 0 Å². The van der Waals surface area contributed by atoms with Gasteiger partial charge in [-0.15, -0.1) is 3.89 Å². The summed E-state index contributed by atoms with van der Waals surface area (Å²) in [5.41, 5.74) is 0. The van der Waals surface area contributed by atoms with Crippen LogP contribution in [0.1, 0.15) is 91.9 Å². The Labute approximate surface area is 248 Å². The van der Waals surface area contributed by atoms with Crippen LogP contribution >= 0.6 is 0 Å². The van der Waals surface area contributed by atoms with Gasteiger partial charge < -0.3 is 28.4 Å². The Morgan fingerprint density at radius 2 is 0.976 bits per heavy atom. The van der Waals surface area contributed by atoms with Gasteiger partial charge in [0.25, 0.3) is 0 Å². The molecule has 4 unspecified atom stereocenters. The Morgan fingerprint density at radius 3 is 1.29 bits per heavy atom. The van der Waals surface area contributed by atoms with E-state index < -0.39 is 23.0 Å². The maximum absolute atomic E-state index is 12.8. The van der Waals surface area contributed by atoms with Crippen LogP contribution in [0.2, 0.25) is 0 Å². The molecule has 1 heterocycles. The molecule has 0 saturated carbocycles. The lowest BCUT2D eigenvalue weighted by molar-refractivity contribution is -0.0594. The van der Waals surface area contributed by atoms with Gasteiger partial charge >= 0.3 is 10.2 Å². The summed E-state index contributed by atoms with van der Waals surface area (Å²) in [6.07, 6.45) is 9.20. The fourth-order valence-electron chi connectivity index (χ4n) is 6.15. The third-order valence-electron chi connectivity index (χ3n) is 8.54. The number of rotatable bonds is 9. The molecule has 11 heteroatoms. The highest BCUT2D eigenvalue weighted by Gasteiger charge is 2.25. The van der Waals surface area contributed by atoms with Crippen LogP contribution in [0.15, 0.2) is 0 Å². The molecule has 0 aromatic carbocycles. The van der Waals surface area contributed by atoms with Crippen LogP contribution in [0.4, 0.5) is 8.28 Å². The van der Waals surface area contributed by atoms with Crippen molar-refractivity contribution in [1.29, 1.82) is 0 Å². The second-order valence-electron chi connectivity index (χ2n) is 11.8. The van der Waals surface area contributed by atoms with Gasteiger partial charge in [0, 0.05) is 33.0 Å². The smallest absolute Gasteiger partial charge is 0.326 e. The van der Waals surface area contributed by atoms with E-state index in [9.17, 15) is 16.7 Å². The number of hydrogen-bond donors (Lipinski definition) is 0. The molecule has 0 N–H and O–H groups in total. The molecule has 0 aromatic rings. The summed E-state index contributed by atoms with van der Waals surface area (Å²) in [7, 11) is -4.63. The minimum absolute atomic E-state index is 0.209. The standard InChI is InChI=1S/C30H58F2O8S/c1-25-9-5-15-36-22-38-17-7-11-27(3)30(14-20-40-24-41(32,33)34)28(4)12-8-18-39-23-37-16-6-10-26(2)29(25)13-19-35-21-31/h25-30H,5-24H2,1-4H3. The van der Waals surface area contributed by atoms with Crippen LogP contribution in [0, 0.1) is 35.5 Å². The maximum Gasteiger partial charge on any atom is 0.326 e. The highest BCUT2D eigenvalue weighted by molar-refractivity contribution is 7.86. The Bertz CT molecular complexity index is 681. The lowest BCUT2D eigenvalue weighted by Gasteiger charge is -2.30. The number of alkyl halides is 1. The summed E-state index contributed by atoms with van der Waals surface area (Å²) in [4.78, 5) is 0. The molecule has 1 aliphatic heterocycles. The molecule has 0 radical (unpaired) electrons. The predicted molar refractivity (Wildman–Crippen MR) is 156 cm³/mol. The van der Waals surface area contributed by atoms with Crippen LogP contribution in [-0.2, 0) is 38.6 Å². The number of halogens is 2. The normalized spacial score (nSPS) is 30.4. The van der Waals surface area contributed by atoms with Gasteiger partial charge in [0.15, 0.2) is 12.8 Å². The molecule has 246 valence electrons. The number of ether oxygens (including phenoxy) is 6. The van der Waals surface area contributed by atoms with E-state index in [1.54, 1.807) is 0 Å². The van der Waals surface area contributed by atoms with E-state index in [0.29, 0.717) is 75.0 Å². The van der Waals surface area contributed by atoms with Crippen LogP contribution in [0.5, 0.6) is 0 Å². The SMILES string of the molecule is CC1CCCOCOCCCC(C)C(CCOCS(=O)(=O)F)C(C)CCCOCOCCCC(C)C1CCOCF. The molecule has 41 heavy (non-hydrogen) atoms. The van der Waals surface area contributed by atoms with Gasteiger partial charge in [-0.05, 0) is 99.7 Å². The van der Waals surface area contributed by atoms with Gasteiger partial charge in [-0.2, -0.15) is 8.42 Å². The second kappa shape index (κ2) is 24.0. The zero-order valence-corrected chi connectivity index (χ0v) is 26.9. The van der Waals surface area contributed by atoms with E-state index in [1.165, 1.54) is 0 Å². The van der Waals surface area contributed by atoms with Crippen molar-refractivity contribution in [3.05, 3.63) is 0 Å². The molecule has 1 aliphatic rings. The molecule has 4 atom stereocenters. The summed E-state index contributed by atoms with van der Waals surface area (Å²) < 4.78 is 79.8. The summed E-state index contributed by atoms with van der Waals surface area (Å²) in [6, 6.07) is 0. The zero-order chi connectivity index (χ0) is 30.3.